The first-order valence-electron chi connectivity index (χ1n) is 8.06. The summed E-state index contributed by atoms with van der Waals surface area (Å²) in [5, 5.41) is 18.9. The Balaban J connectivity index is 1.90. The zero-order valence-electron chi connectivity index (χ0n) is 13.8. The van der Waals surface area contributed by atoms with E-state index >= 15 is 0 Å². The van der Waals surface area contributed by atoms with Crippen LogP contribution in [0.15, 0.2) is 48.5 Å². The SMILES string of the molecule is CCCN(CCc1ccc(O)c(O)c1)C(=O)COc1ccccc1. The molecule has 5 heteroatoms. The number of ether oxygens (including phenoxy) is 1. The van der Waals surface area contributed by atoms with E-state index in [0.29, 0.717) is 25.3 Å². The van der Waals surface area contributed by atoms with E-state index < -0.39 is 0 Å². The molecule has 0 saturated carbocycles. The fourth-order valence-corrected chi connectivity index (χ4v) is 2.37. The highest BCUT2D eigenvalue weighted by Gasteiger charge is 2.14. The summed E-state index contributed by atoms with van der Waals surface area (Å²) in [7, 11) is 0. The standard InChI is InChI=1S/C19H23NO4/c1-2-11-20(12-10-15-8-9-17(21)18(22)13-15)19(23)14-24-16-6-4-3-5-7-16/h3-9,13,21-22H,2,10-12,14H2,1H3. The Hall–Kier alpha value is -2.69. The maximum absolute atomic E-state index is 12.4. The second-order valence-electron chi connectivity index (χ2n) is 5.56. The first-order chi connectivity index (χ1) is 11.6. The highest BCUT2D eigenvalue weighted by atomic mass is 16.5. The summed E-state index contributed by atoms with van der Waals surface area (Å²) in [6.45, 7) is 3.21. The van der Waals surface area contributed by atoms with Crippen molar-refractivity contribution in [3.8, 4) is 17.2 Å². The number of carbonyl (C=O) groups is 1. The molecule has 0 bridgehead atoms. The predicted molar refractivity (Wildman–Crippen MR) is 92.3 cm³/mol. The molecule has 0 heterocycles. The molecule has 0 fully saturated rings. The van der Waals surface area contributed by atoms with Crippen molar-refractivity contribution in [1.29, 1.82) is 0 Å². The van der Waals surface area contributed by atoms with Gasteiger partial charge in [0.25, 0.3) is 5.91 Å². The lowest BCUT2D eigenvalue weighted by Crippen LogP contribution is -2.37. The number of para-hydroxylation sites is 1. The van der Waals surface area contributed by atoms with Gasteiger partial charge in [-0.2, -0.15) is 0 Å². The quantitative estimate of drug-likeness (QED) is 0.731. The van der Waals surface area contributed by atoms with Gasteiger partial charge in [0.2, 0.25) is 0 Å². The Morgan fingerprint density at radius 3 is 2.46 bits per heavy atom. The van der Waals surface area contributed by atoms with Crippen LogP contribution in [0.2, 0.25) is 0 Å². The van der Waals surface area contributed by atoms with Crippen LogP contribution in [-0.4, -0.2) is 40.7 Å². The van der Waals surface area contributed by atoms with Crippen molar-refractivity contribution in [3.05, 3.63) is 54.1 Å². The van der Waals surface area contributed by atoms with Crippen molar-refractivity contribution in [2.24, 2.45) is 0 Å². The van der Waals surface area contributed by atoms with Crippen LogP contribution in [0.25, 0.3) is 0 Å². The zero-order chi connectivity index (χ0) is 17.4. The summed E-state index contributed by atoms with van der Waals surface area (Å²) < 4.78 is 5.52. The molecule has 0 atom stereocenters. The first kappa shape index (κ1) is 17.7. The average molecular weight is 329 g/mol. The second kappa shape index (κ2) is 8.82. The Kier molecular flexibility index (Phi) is 6.49. The van der Waals surface area contributed by atoms with E-state index in [4.69, 9.17) is 4.74 Å². The lowest BCUT2D eigenvalue weighted by molar-refractivity contribution is -0.133. The second-order valence-corrected chi connectivity index (χ2v) is 5.56. The number of hydrogen-bond donors (Lipinski definition) is 2. The Morgan fingerprint density at radius 2 is 1.79 bits per heavy atom. The number of rotatable bonds is 8. The molecular weight excluding hydrogens is 306 g/mol. The fraction of sp³-hybridized carbons (Fsp3) is 0.316. The monoisotopic (exact) mass is 329 g/mol. The van der Waals surface area contributed by atoms with E-state index in [0.717, 1.165) is 12.0 Å². The van der Waals surface area contributed by atoms with E-state index in [2.05, 4.69) is 0 Å². The third kappa shape index (κ3) is 5.19. The highest BCUT2D eigenvalue weighted by Crippen LogP contribution is 2.25. The summed E-state index contributed by atoms with van der Waals surface area (Å²) in [5.74, 6) is 0.319. The molecule has 2 aromatic rings. The summed E-state index contributed by atoms with van der Waals surface area (Å²) in [5.41, 5.74) is 0.864. The van der Waals surface area contributed by atoms with Crippen molar-refractivity contribution in [2.45, 2.75) is 19.8 Å². The van der Waals surface area contributed by atoms with Gasteiger partial charge in [-0.3, -0.25) is 4.79 Å². The lowest BCUT2D eigenvalue weighted by Gasteiger charge is -2.22. The fourth-order valence-electron chi connectivity index (χ4n) is 2.37. The molecule has 5 nitrogen and oxygen atoms in total. The van der Waals surface area contributed by atoms with E-state index in [-0.39, 0.29) is 24.0 Å². The van der Waals surface area contributed by atoms with Gasteiger partial charge in [0.05, 0.1) is 0 Å². The van der Waals surface area contributed by atoms with Crippen LogP contribution in [0.3, 0.4) is 0 Å². The molecule has 0 unspecified atom stereocenters. The molecule has 0 aliphatic heterocycles. The van der Waals surface area contributed by atoms with E-state index in [1.807, 2.05) is 37.3 Å². The van der Waals surface area contributed by atoms with Gasteiger partial charge in [-0.15, -0.1) is 0 Å². The van der Waals surface area contributed by atoms with Crippen molar-refractivity contribution in [3.63, 3.8) is 0 Å². The normalized spacial score (nSPS) is 10.4. The number of amides is 1. The molecule has 0 saturated heterocycles. The van der Waals surface area contributed by atoms with E-state index in [1.54, 1.807) is 11.0 Å². The average Bonchev–Trinajstić information content (AvgIpc) is 2.60. The van der Waals surface area contributed by atoms with Crippen molar-refractivity contribution in [1.82, 2.24) is 4.90 Å². The third-order valence-electron chi connectivity index (χ3n) is 3.66. The molecule has 0 radical (unpaired) electrons. The van der Waals surface area contributed by atoms with Gasteiger partial charge >= 0.3 is 0 Å². The number of phenols is 2. The molecule has 0 spiro atoms. The Bertz CT molecular complexity index is 658. The minimum atomic E-state index is -0.145. The topological polar surface area (TPSA) is 70.0 Å². The summed E-state index contributed by atoms with van der Waals surface area (Å²) in [4.78, 5) is 14.1. The molecular formula is C19H23NO4. The molecule has 2 N–H and O–H groups in total. The van der Waals surface area contributed by atoms with Gasteiger partial charge < -0.3 is 19.8 Å². The van der Waals surface area contributed by atoms with E-state index in [9.17, 15) is 15.0 Å². The summed E-state index contributed by atoms with van der Waals surface area (Å²) in [6, 6.07) is 14.0. The van der Waals surface area contributed by atoms with Crippen LogP contribution >= 0.6 is 0 Å². The van der Waals surface area contributed by atoms with Gasteiger partial charge in [-0.1, -0.05) is 31.2 Å². The van der Waals surface area contributed by atoms with Crippen molar-refractivity contribution >= 4 is 5.91 Å². The largest absolute Gasteiger partial charge is 0.504 e. The molecule has 2 aromatic carbocycles. The van der Waals surface area contributed by atoms with Gasteiger partial charge in [0, 0.05) is 13.1 Å². The smallest absolute Gasteiger partial charge is 0.260 e. The minimum absolute atomic E-state index is 0.00480. The third-order valence-corrected chi connectivity index (χ3v) is 3.66. The molecule has 0 aromatic heterocycles. The molecule has 128 valence electrons. The summed E-state index contributed by atoms with van der Waals surface area (Å²) >= 11 is 0. The maximum atomic E-state index is 12.4. The van der Waals surface area contributed by atoms with Gasteiger partial charge in [0.1, 0.15) is 5.75 Å². The first-order valence-corrected chi connectivity index (χ1v) is 8.06. The Morgan fingerprint density at radius 1 is 1.04 bits per heavy atom. The van der Waals surface area contributed by atoms with Crippen LogP contribution in [0, 0.1) is 0 Å². The van der Waals surface area contributed by atoms with Crippen LogP contribution in [0.1, 0.15) is 18.9 Å². The number of phenolic OH excluding ortho intramolecular Hbond substituents is 2. The molecule has 0 aliphatic rings. The minimum Gasteiger partial charge on any atom is -0.504 e. The van der Waals surface area contributed by atoms with Crippen LogP contribution in [0.4, 0.5) is 0 Å². The van der Waals surface area contributed by atoms with Crippen molar-refractivity contribution < 1.29 is 19.7 Å². The number of nitrogens with zero attached hydrogens (tertiary/aromatic N) is 1. The summed E-state index contributed by atoms with van der Waals surface area (Å²) in [6.07, 6.45) is 1.46. The lowest BCUT2D eigenvalue weighted by atomic mass is 10.1. The number of aromatic hydroxyl groups is 2. The molecule has 2 rings (SSSR count). The van der Waals surface area contributed by atoms with Crippen LogP contribution in [0.5, 0.6) is 17.2 Å². The van der Waals surface area contributed by atoms with Gasteiger partial charge in [-0.05, 0) is 42.7 Å². The number of carbonyl (C=O) groups excluding carboxylic acids is 1. The van der Waals surface area contributed by atoms with Crippen LogP contribution in [-0.2, 0) is 11.2 Å². The molecule has 0 aliphatic carbocycles. The Labute approximate surface area is 142 Å². The maximum Gasteiger partial charge on any atom is 0.260 e. The molecule has 1 amide bonds. The van der Waals surface area contributed by atoms with E-state index in [1.165, 1.54) is 12.1 Å². The van der Waals surface area contributed by atoms with Gasteiger partial charge in [0.15, 0.2) is 18.1 Å². The number of hydrogen-bond acceptors (Lipinski definition) is 4. The van der Waals surface area contributed by atoms with Crippen molar-refractivity contribution in [2.75, 3.05) is 19.7 Å². The zero-order valence-corrected chi connectivity index (χ0v) is 13.8. The molecule has 24 heavy (non-hydrogen) atoms. The van der Waals surface area contributed by atoms with Crippen LogP contribution < -0.4 is 4.74 Å². The van der Waals surface area contributed by atoms with Gasteiger partial charge in [-0.25, -0.2) is 0 Å². The number of benzene rings is 2. The predicted octanol–water partition coefficient (Wildman–Crippen LogP) is 2.96. The highest BCUT2D eigenvalue weighted by molar-refractivity contribution is 5.77.